The van der Waals surface area contributed by atoms with E-state index in [2.05, 4.69) is 19.2 Å². The van der Waals surface area contributed by atoms with Crippen molar-refractivity contribution in [2.45, 2.75) is 46.5 Å². The van der Waals surface area contributed by atoms with Gasteiger partial charge in [-0.25, -0.2) is 4.79 Å². The van der Waals surface area contributed by atoms with Gasteiger partial charge in [0.1, 0.15) is 10.9 Å². The van der Waals surface area contributed by atoms with Crippen LogP contribution in [0.15, 0.2) is 53.4 Å². The Morgan fingerprint density at radius 2 is 1.73 bits per heavy atom. The minimum absolute atomic E-state index is 0.242. The van der Waals surface area contributed by atoms with Gasteiger partial charge in [-0.15, -0.1) is 0 Å². The highest BCUT2D eigenvalue weighted by Crippen LogP contribution is 2.44. The summed E-state index contributed by atoms with van der Waals surface area (Å²) in [6.07, 6.45) is 4.14. The molecule has 0 saturated carbocycles. The van der Waals surface area contributed by atoms with Gasteiger partial charge in [0.05, 0.1) is 28.3 Å². The second-order valence-corrected chi connectivity index (χ2v) is 11.3. The van der Waals surface area contributed by atoms with E-state index in [1.54, 1.807) is 60.4 Å². The molecule has 4 rings (SSSR count). The Balaban J connectivity index is 1.53. The lowest BCUT2D eigenvalue weighted by atomic mass is 9.98. The fourth-order valence-corrected chi connectivity index (χ4v) is 6.13. The van der Waals surface area contributed by atoms with Crippen molar-refractivity contribution >= 4 is 68.9 Å². The molecule has 2 aromatic rings. The van der Waals surface area contributed by atoms with Gasteiger partial charge in [0, 0.05) is 17.8 Å². The quantitative estimate of drug-likeness (QED) is 0.209. The molecule has 10 heteroatoms. The van der Waals surface area contributed by atoms with Gasteiger partial charge in [-0.1, -0.05) is 75.3 Å². The molecule has 0 aromatic heterocycles. The van der Waals surface area contributed by atoms with Crippen LogP contribution in [0.3, 0.4) is 0 Å². The van der Waals surface area contributed by atoms with Crippen LogP contribution in [0.1, 0.15) is 62.4 Å². The van der Waals surface area contributed by atoms with Crippen molar-refractivity contribution in [3.63, 3.8) is 0 Å². The Kier molecular flexibility index (Phi) is 9.76. The number of amides is 3. The van der Waals surface area contributed by atoms with Crippen LogP contribution < -0.4 is 10.2 Å². The Morgan fingerprint density at radius 1 is 1.00 bits per heavy atom. The van der Waals surface area contributed by atoms with E-state index in [0.717, 1.165) is 37.4 Å². The third-order valence-electron chi connectivity index (χ3n) is 6.96. The Labute approximate surface area is 244 Å². The predicted octanol–water partition coefficient (Wildman–Crippen LogP) is 5.64. The molecule has 8 nitrogen and oxygen atoms in total. The van der Waals surface area contributed by atoms with E-state index < -0.39 is 17.8 Å². The maximum Gasteiger partial charge on any atom is 0.338 e. The monoisotopic (exact) mass is 579 g/mol. The average molecular weight is 580 g/mol. The summed E-state index contributed by atoms with van der Waals surface area (Å²) in [6.45, 7) is 6.56. The van der Waals surface area contributed by atoms with E-state index in [-0.39, 0.29) is 24.6 Å². The third-order valence-corrected chi connectivity index (χ3v) is 8.41. The lowest BCUT2D eigenvalue weighted by Crippen LogP contribution is -2.36. The van der Waals surface area contributed by atoms with Gasteiger partial charge in [0.25, 0.3) is 11.8 Å². The summed E-state index contributed by atoms with van der Waals surface area (Å²) < 4.78 is 5.44. The van der Waals surface area contributed by atoms with Crippen molar-refractivity contribution in [2.24, 2.45) is 5.92 Å². The molecule has 2 heterocycles. The Bertz CT molecular complexity index is 1360. The maximum absolute atomic E-state index is 13.7. The SMILES string of the molecule is CCCC[C@H](CC)CN1C(=O)/C(=C2/C(=O)N(CC(=O)Nc3ccc(C(=O)OCC)cc3)c3ccccc32)SC1=S. The molecule has 1 N–H and O–H groups in total. The van der Waals surface area contributed by atoms with Crippen molar-refractivity contribution in [1.29, 1.82) is 0 Å². The second kappa shape index (κ2) is 13.2. The van der Waals surface area contributed by atoms with Gasteiger partial charge < -0.3 is 10.1 Å². The highest BCUT2D eigenvalue weighted by atomic mass is 32.2. The number of fused-ring (bicyclic) bond motifs is 1. The topological polar surface area (TPSA) is 96.0 Å². The zero-order valence-corrected chi connectivity index (χ0v) is 24.5. The Morgan fingerprint density at radius 3 is 2.40 bits per heavy atom. The normalized spacial score (nSPS) is 17.3. The molecule has 3 amide bonds. The van der Waals surface area contributed by atoms with Crippen molar-refractivity contribution in [1.82, 2.24) is 4.90 Å². The highest BCUT2D eigenvalue weighted by molar-refractivity contribution is 8.26. The molecule has 1 fully saturated rings. The maximum atomic E-state index is 13.7. The molecule has 210 valence electrons. The average Bonchev–Trinajstić information content (AvgIpc) is 3.38. The number of nitrogens with one attached hydrogen (secondary N) is 1. The number of anilines is 2. The molecule has 0 radical (unpaired) electrons. The highest BCUT2D eigenvalue weighted by Gasteiger charge is 2.42. The van der Waals surface area contributed by atoms with Gasteiger partial charge in [0.2, 0.25) is 5.91 Å². The Hall–Kier alpha value is -3.50. The van der Waals surface area contributed by atoms with Crippen LogP contribution in [0.25, 0.3) is 5.57 Å². The van der Waals surface area contributed by atoms with Crippen molar-refractivity contribution in [3.8, 4) is 0 Å². The number of ether oxygens (including phenoxy) is 1. The molecule has 2 aliphatic rings. The minimum Gasteiger partial charge on any atom is -0.462 e. The first kappa shape index (κ1) is 29.5. The summed E-state index contributed by atoms with van der Waals surface area (Å²) in [7, 11) is 0. The lowest BCUT2D eigenvalue weighted by Gasteiger charge is -2.21. The number of thioether (sulfide) groups is 1. The van der Waals surface area contributed by atoms with E-state index in [4.69, 9.17) is 17.0 Å². The number of unbranched alkanes of at least 4 members (excludes halogenated alkanes) is 1. The molecular weight excluding hydrogens is 546 g/mol. The smallest absolute Gasteiger partial charge is 0.338 e. The van der Waals surface area contributed by atoms with E-state index in [1.165, 1.54) is 4.90 Å². The molecule has 2 aromatic carbocycles. The number of hydrogen-bond acceptors (Lipinski definition) is 7. The van der Waals surface area contributed by atoms with Gasteiger partial charge in [-0.3, -0.25) is 24.2 Å². The summed E-state index contributed by atoms with van der Waals surface area (Å²) in [6, 6.07) is 13.5. The van der Waals surface area contributed by atoms with Crippen LogP contribution in [0, 0.1) is 5.92 Å². The fourth-order valence-electron chi connectivity index (χ4n) is 4.79. The number of thiocarbonyl (C=S) groups is 1. The van der Waals surface area contributed by atoms with Crippen LogP contribution in [0.5, 0.6) is 0 Å². The van der Waals surface area contributed by atoms with Gasteiger partial charge >= 0.3 is 5.97 Å². The standard InChI is InChI=1S/C30H33N3O5S2/c1-4-7-10-19(5-2)17-33-28(36)26(40-30(33)39)25-22-11-8-9-12-23(22)32(27(25)35)18-24(34)31-21-15-13-20(14-16-21)29(37)38-6-3/h8-9,11-16,19H,4-7,10,17-18H2,1-3H3,(H,31,34)/b26-25-/t19-/m0/s1. The summed E-state index contributed by atoms with van der Waals surface area (Å²) in [5.74, 6) is -1.18. The first-order valence-electron chi connectivity index (χ1n) is 13.5. The summed E-state index contributed by atoms with van der Waals surface area (Å²) in [5, 5.41) is 2.77. The van der Waals surface area contributed by atoms with E-state index >= 15 is 0 Å². The minimum atomic E-state index is -0.441. The molecule has 0 spiro atoms. The first-order chi connectivity index (χ1) is 19.3. The van der Waals surface area contributed by atoms with Gasteiger partial charge in [0.15, 0.2) is 0 Å². The van der Waals surface area contributed by atoms with E-state index in [0.29, 0.717) is 44.2 Å². The number of hydrogen-bond donors (Lipinski definition) is 1. The molecule has 2 aliphatic heterocycles. The molecular formula is C30H33N3O5S2. The summed E-state index contributed by atoms with van der Waals surface area (Å²) in [5.41, 5.74) is 2.31. The number of rotatable bonds is 11. The second-order valence-electron chi connectivity index (χ2n) is 9.66. The third kappa shape index (κ3) is 6.28. The first-order valence-corrected chi connectivity index (χ1v) is 14.8. The van der Waals surface area contributed by atoms with E-state index in [9.17, 15) is 19.2 Å². The van der Waals surface area contributed by atoms with Crippen molar-refractivity contribution in [2.75, 3.05) is 29.9 Å². The van der Waals surface area contributed by atoms with Gasteiger partial charge in [-0.05, 0) is 49.6 Å². The molecule has 1 atom stereocenters. The number of para-hydroxylation sites is 1. The zero-order chi connectivity index (χ0) is 28.8. The number of carbonyl (C=O) groups is 4. The van der Waals surface area contributed by atoms with Crippen molar-refractivity contribution < 1.29 is 23.9 Å². The fraction of sp³-hybridized carbons (Fsp3) is 0.367. The largest absolute Gasteiger partial charge is 0.462 e. The number of benzene rings is 2. The number of esters is 1. The van der Waals surface area contributed by atoms with Gasteiger partial charge in [-0.2, -0.15) is 0 Å². The molecule has 40 heavy (non-hydrogen) atoms. The lowest BCUT2D eigenvalue weighted by molar-refractivity contribution is -0.123. The molecule has 0 unspecified atom stereocenters. The predicted molar refractivity (Wildman–Crippen MR) is 162 cm³/mol. The summed E-state index contributed by atoms with van der Waals surface area (Å²) in [4.78, 5) is 55.4. The molecule has 1 saturated heterocycles. The van der Waals surface area contributed by atoms with Crippen LogP contribution in [-0.2, 0) is 19.1 Å². The van der Waals surface area contributed by atoms with Crippen molar-refractivity contribution in [3.05, 3.63) is 64.6 Å². The molecule has 0 bridgehead atoms. The number of nitrogens with zero attached hydrogens (tertiary/aromatic N) is 2. The molecule has 0 aliphatic carbocycles. The van der Waals surface area contributed by atoms with Crippen LogP contribution >= 0.6 is 24.0 Å². The van der Waals surface area contributed by atoms with Crippen LogP contribution in [-0.4, -0.2) is 52.6 Å². The summed E-state index contributed by atoms with van der Waals surface area (Å²) >= 11 is 6.73. The van der Waals surface area contributed by atoms with Crippen LogP contribution in [0.4, 0.5) is 11.4 Å². The number of carbonyl (C=O) groups excluding carboxylic acids is 4. The zero-order valence-electron chi connectivity index (χ0n) is 22.9. The van der Waals surface area contributed by atoms with Crippen LogP contribution in [0.2, 0.25) is 0 Å². The van der Waals surface area contributed by atoms with E-state index in [1.807, 2.05) is 0 Å².